The Labute approximate surface area is 275 Å². The molecule has 1 saturated heterocycles. The lowest BCUT2D eigenvalue weighted by Crippen LogP contribution is -2.34. The second-order valence-corrected chi connectivity index (χ2v) is 14.0. The van der Waals surface area contributed by atoms with Gasteiger partial charge >= 0.3 is 6.03 Å². The topological polar surface area (TPSA) is 88.1 Å². The Morgan fingerprint density at radius 3 is 2.30 bits per heavy atom. The lowest BCUT2D eigenvalue weighted by atomic mass is 9.75. The van der Waals surface area contributed by atoms with Crippen molar-refractivity contribution in [3.8, 4) is 16.1 Å². The van der Waals surface area contributed by atoms with E-state index in [0.29, 0.717) is 17.1 Å². The molecule has 1 aliphatic rings. The first-order chi connectivity index (χ1) is 22.2. The molecule has 0 bridgehead atoms. The van der Waals surface area contributed by atoms with Crippen molar-refractivity contribution in [3.05, 3.63) is 119 Å². The van der Waals surface area contributed by atoms with E-state index >= 15 is 0 Å². The molecule has 46 heavy (non-hydrogen) atoms. The Balaban J connectivity index is 1.29. The second kappa shape index (κ2) is 13.4. The van der Waals surface area contributed by atoms with Gasteiger partial charge < -0.3 is 10.6 Å². The molecule has 1 aliphatic heterocycles. The Bertz CT molecular complexity index is 1800. The SMILES string of the molecule is Cc1ccc(-n2nc(C(C)(C)C)cc2NC(=O)Nc2ccccc2C(C(=O)c2ccc(-c3cccs3)cc2)C2CCNCC2)cc1. The predicted octanol–water partition coefficient (Wildman–Crippen LogP) is 8.82. The summed E-state index contributed by atoms with van der Waals surface area (Å²) in [6.45, 7) is 10.1. The zero-order valence-corrected chi connectivity index (χ0v) is 27.7. The highest BCUT2D eigenvalue weighted by atomic mass is 32.1. The number of hydrogen-bond acceptors (Lipinski definition) is 5. The van der Waals surface area contributed by atoms with Gasteiger partial charge in [-0.3, -0.25) is 10.1 Å². The van der Waals surface area contributed by atoms with E-state index in [0.717, 1.165) is 54.0 Å². The number of aryl methyl sites for hydroxylation is 1. The van der Waals surface area contributed by atoms with E-state index in [9.17, 15) is 9.59 Å². The molecule has 7 nitrogen and oxygen atoms in total. The lowest BCUT2D eigenvalue weighted by molar-refractivity contribution is 0.0916. The van der Waals surface area contributed by atoms with Crippen molar-refractivity contribution in [3.63, 3.8) is 0 Å². The van der Waals surface area contributed by atoms with Crippen molar-refractivity contribution in [1.82, 2.24) is 15.1 Å². The highest BCUT2D eigenvalue weighted by molar-refractivity contribution is 7.13. The van der Waals surface area contributed by atoms with E-state index < -0.39 is 11.9 Å². The number of para-hydroxylation sites is 1. The highest BCUT2D eigenvalue weighted by Gasteiger charge is 2.33. The fourth-order valence-corrected chi connectivity index (χ4v) is 6.81. The summed E-state index contributed by atoms with van der Waals surface area (Å²) in [5, 5.41) is 16.5. The molecule has 3 heterocycles. The summed E-state index contributed by atoms with van der Waals surface area (Å²) < 4.78 is 1.77. The van der Waals surface area contributed by atoms with E-state index in [2.05, 4.69) is 48.2 Å². The number of ketones is 1. The molecule has 2 amide bonds. The molecule has 3 aromatic carbocycles. The summed E-state index contributed by atoms with van der Waals surface area (Å²) >= 11 is 1.68. The number of urea groups is 1. The standard InChI is InChI=1S/C38H41N5O2S/c1-25-11-17-29(18-12-25)43-34(24-33(42-43)38(2,3)4)41-37(45)40-31-9-6-5-8-30(31)35(27-19-21-39-22-20-27)36(44)28-15-13-26(14-16-28)32-10-7-23-46-32/h5-18,23-24,27,35,39H,19-22H2,1-4H3,(H2,40,41,45). The van der Waals surface area contributed by atoms with Crippen LogP contribution in [0.1, 0.15) is 66.7 Å². The van der Waals surface area contributed by atoms with Crippen LogP contribution in [0.3, 0.4) is 0 Å². The quantitative estimate of drug-likeness (QED) is 0.149. The third-order valence-corrected chi connectivity index (χ3v) is 9.57. The third-order valence-electron chi connectivity index (χ3n) is 8.65. The van der Waals surface area contributed by atoms with E-state index in [1.165, 1.54) is 4.88 Å². The van der Waals surface area contributed by atoms with Gasteiger partial charge in [0.05, 0.1) is 17.3 Å². The van der Waals surface area contributed by atoms with E-state index in [1.807, 2.05) is 91.9 Å². The van der Waals surface area contributed by atoms with E-state index in [4.69, 9.17) is 5.10 Å². The van der Waals surface area contributed by atoms with Crippen LogP contribution in [-0.2, 0) is 5.41 Å². The number of aromatic nitrogens is 2. The Morgan fingerprint density at radius 2 is 1.63 bits per heavy atom. The van der Waals surface area contributed by atoms with Crippen LogP contribution in [0.2, 0.25) is 0 Å². The number of carbonyl (C=O) groups excluding carboxylic acids is 2. The fraction of sp³-hybridized carbons (Fsp3) is 0.289. The van der Waals surface area contributed by atoms with Gasteiger partial charge in [-0.1, -0.05) is 87.0 Å². The molecular weight excluding hydrogens is 591 g/mol. The van der Waals surface area contributed by atoms with Gasteiger partial charge in [-0.05, 0) is 79.5 Å². The number of carbonyl (C=O) groups is 2. The second-order valence-electron chi connectivity index (χ2n) is 13.1. The molecule has 0 saturated carbocycles. The first-order valence-corrected chi connectivity index (χ1v) is 16.8. The van der Waals surface area contributed by atoms with Crippen LogP contribution in [0.5, 0.6) is 0 Å². The summed E-state index contributed by atoms with van der Waals surface area (Å²) in [6.07, 6.45) is 1.77. The maximum absolute atomic E-state index is 14.3. The van der Waals surface area contributed by atoms with Crippen molar-refractivity contribution in [1.29, 1.82) is 0 Å². The van der Waals surface area contributed by atoms with Gasteiger partial charge in [-0.2, -0.15) is 5.10 Å². The zero-order chi connectivity index (χ0) is 32.3. The van der Waals surface area contributed by atoms with Gasteiger partial charge in [-0.25, -0.2) is 9.48 Å². The monoisotopic (exact) mass is 631 g/mol. The van der Waals surface area contributed by atoms with Crippen molar-refractivity contribution >= 4 is 34.7 Å². The zero-order valence-electron chi connectivity index (χ0n) is 26.8. The first kappa shape index (κ1) is 31.5. The number of nitrogens with one attached hydrogen (secondary N) is 3. The van der Waals surface area contributed by atoms with Crippen LogP contribution in [0, 0.1) is 12.8 Å². The van der Waals surface area contributed by atoms with Crippen LogP contribution >= 0.6 is 11.3 Å². The van der Waals surface area contributed by atoms with Crippen LogP contribution in [0.25, 0.3) is 16.1 Å². The predicted molar refractivity (Wildman–Crippen MR) is 189 cm³/mol. The van der Waals surface area contributed by atoms with Crippen molar-refractivity contribution in [2.75, 3.05) is 23.7 Å². The number of anilines is 2. The van der Waals surface area contributed by atoms with E-state index in [1.54, 1.807) is 16.0 Å². The number of amides is 2. The fourth-order valence-electron chi connectivity index (χ4n) is 6.08. The molecule has 0 spiro atoms. The molecule has 3 N–H and O–H groups in total. The minimum Gasteiger partial charge on any atom is -0.317 e. The van der Waals surface area contributed by atoms with Gasteiger partial charge in [0.2, 0.25) is 0 Å². The molecule has 0 aliphatic carbocycles. The van der Waals surface area contributed by atoms with Crippen molar-refractivity contribution < 1.29 is 9.59 Å². The summed E-state index contributed by atoms with van der Waals surface area (Å²) in [5.41, 5.74) is 5.91. The van der Waals surface area contributed by atoms with Crippen LogP contribution in [0.15, 0.2) is 96.4 Å². The summed E-state index contributed by atoms with van der Waals surface area (Å²) in [6, 6.07) is 29.3. The minimum absolute atomic E-state index is 0.0755. The molecule has 2 aromatic heterocycles. The Kier molecular flexibility index (Phi) is 9.20. The lowest BCUT2D eigenvalue weighted by Gasteiger charge is -2.31. The normalized spacial score (nSPS) is 14.5. The number of thiophene rings is 1. The molecule has 1 unspecified atom stereocenters. The Hall–Kier alpha value is -4.53. The van der Waals surface area contributed by atoms with Crippen molar-refractivity contribution in [2.24, 2.45) is 5.92 Å². The van der Waals surface area contributed by atoms with Crippen LogP contribution in [-0.4, -0.2) is 34.7 Å². The molecule has 5 aromatic rings. The number of nitrogens with zero attached hydrogens (tertiary/aromatic N) is 2. The summed E-state index contributed by atoms with van der Waals surface area (Å²) in [5.74, 6) is 0.401. The van der Waals surface area contributed by atoms with Gasteiger partial charge in [0.1, 0.15) is 5.82 Å². The van der Waals surface area contributed by atoms with E-state index in [-0.39, 0.29) is 17.1 Å². The van der Waals surface area contributed by atoms with Gasteiger partial charge in [0.25, 0.3) is 0 Å². The molecule has 1 fully saturated rings. The molecule has 1 atom stereocenters. The van der Waals surface area contributed by atoms with Crippen LogP contribution < -0.4 is 16.0 Å². The smallest absolute Gasteiger partial charge is 0.317 e. The number of hydrogen-bond donors (Lipinski definition) is 3. The molecule has 6 rings (SSSR count). The Morgan fingerprint density at radius 1 is 0.913 bits per heavy atom. The maximum Gasteiger partial charge on any atom is 0.324 e. The van der Waals surface area contributed by atoms with Crippen molar-refractivity contribution in [2.45, 2.75) is 51.9 Å². The molecule has 236 valence electrons. The molecule has 0 radical (unpaired) electrons. The maximum atomic E-state index is 14.3. The summed E-state index contributed by atoms with van der Waals surface area (Å²) in [7, 11) is 0. The van der Waals surface area contributed by atoms with Gasteiger partial charge in [-0.15, -0.1) is 11.3 Å². The average Bonchev–Trinajstić information content (AvgIpc) is 3.74. The third kappa shape index (κ3) is 6.98. The largest absolute Gasteiger partial charge is 0.324 e. The number of piperidine rings is 1. The van der Waals surface area contributed by atoms with Gasteiger partial charge in [0, 0.05) is 27.6 Å². The van der Waals surface area contributed by atoms with Gasteiger partial charge in [0.15, 0.2) is 5.78 Å². The molecular formula is C38H41N5O2S. The number of benzene rings is 3. The average molecular weight is 632 g/mol. The first-order valence-electron chi connectivity index (χ1n) is 15.9. The van der Waals surface area contributed by atoms with Crippen LogP contribution in [0.4, 0.5) is 16.3 Å². The summed E-state index contributed by atoms with van der Waals surface area (Å²) in [4.78, 5) is 29.2. The molecule has 8 heteroatoms. The minimum atomic E-state index is -0.392. The highest BCUT2D eigenvalue weighted by Crippen LogP contribution is 2.38. The number of rotatable bonds is 8. The number of Topliss-reactive ketones (excluding diaryl/α,β-unsaturated/α-hetero) is 1.